The number of nitrogens with one attached hydrogen (secondary N) is 1. The van der Waals surface area contributed by atoms with Gasteiger partial charge in [-0.1, -0.05) is 37.6 Å². The molecule has 2 heterocycles. The maximum atomic E-state index is 13.7. The van der Waals surface area contributed by atoms with Crippen molar-refractivity contribution in [3.05, 3.63) is 70.2 Å². The Morgan fingerprint density at radius 1 is 1.11 bits per heavy atom. The quantitative estimate of drug-likeness (QED) is 0.507. The SMILES string of the molecule is CC(C)[C@]1(C(=O)NCc2cc(F)cc(Cl)c2)CC(CN2CCC(c3ccc(F)cc3)CC2)CCO1. The summed E-state index contributed by atoms with van der Waals surface area (Å²) in [6.45, 7) is 7.75. The average molecular weight is 505 g/mol. The fourth-order valence-corrected chi connectivity index (χ4v) is 5.81. The summed E-state index contributed by atoms with van der Waals surface area (Å²) in [7, 11) is 0. The molecular weight excluding hydrogens is 470 g/mol. The van der Waals surface area contributed by atoms with Crippen LogP contribution >= 0.6 is 11.6 Å². The third-order valence-electron chi connectivity index (χ3n) is 7.62. The maximum Gasteiger partial charge on any atom is 0.252 e. The van der Waals surface area contributed by atoms with Gasteiger partial charge in [0, 0.05) is 24.7 Å². The summed E-state index contributed by atoms with van der Waals surface area (Å²) in [5.74, 6) is 0.0834. The molecule has 0 bridgehead atoms. The number of carbonyl (C=O) groups is 1. The topological polar surface area (TPSA) is 41.6 Å². The first kappa shape index (κ1) is 26.1. The Balaban J connectivity index is 1.34. The highest BCUT2D eigenvalue weighted by Gasteiger charge is 2.47. The molecule has 0 saturated carbocycles. The molecule has 35 heavy (non-hydrogen) atoms. The minimum Gasteiger partial charge on any atom is -0.365 e. The molecule has 1 N–H and O–H groups in total. The molecule has 1 amide bonds. The van der Waals surface area contributed by atoms with Crippen LogP contribution in [-0.4, -0.2) is 42.6 Å². The molecule has 2 atom stereocenters. The Kier molecular flexibility index (Phi) is 8.46. The summed E-state index contributed by atoms with van der Waals surface area (Å²) in [5, 5.41) is 3.28. The fourth-order valence-electron chi connectivity index (χ4n) is 5.57. The summed E-state index contributed by atoms with van der Waals surface area (Å²) in [6, 6.07) is 11.2. The van der Waals surface area contributed by atoms with Gasteiger partial charge in [-0.15, -0.1) is 0 Å². The first-order valence-electron chi connectivity index (χ1n) is 12.6. The number of rotatable bonds is 7. The van der Waals surface area contributed by atoms with Crippen molar-refractivity contribution >= 4 is 17.5 Å². The number of piperidine rings is 1. The van der Waals surface area contributed by atoms with Crippen molar-refractivity contribution in [2.75, 3.05) is 26.2 Å². The van der Waals surface area contributed by atoms with Crippen molar-refractivity contribution in [3.63, 3.8) is 0 Å². The van der Waals surface area contributed by atoms with Crippen LogP contribution in [-0.2, 0) is 16.1 Å². The molecule has 190 valence electrons. The number of likely N-dealkylation sites (tertiary alicyclic amines) is 1. The van der Waals surface area contributed by atoms with Crippen LogP contribution in [0.1, 0.15) is 56.6 Å². The van der Waals surface area contributed by atoms with E-state index in [4.69, 9.17) is 16.3 Å². The van der Waals surface area contributed by atoms with Gasteiger partial charge in [0.2, 0.25) is 0 Å². The number of benzene rings is 2. The molecule has 4 nitrogen and oxygen atoms in total. The molecule has 0 radical (unpaired) electrons. The highest BCUT2D eigenvalue weighted by atomic mass is 35.5. The van der Waals surface area contributed by atoms with E-state index < -0.39 is 11.4 Å². The van der Waals surface area contributed by atoms with Crippen molar-refractivity contribution in [3.8, 4) is 0 Å². The Morgan fingerprint density at radius 2 is 1.83 bits per heavy atom. The number of hydrogen-bond acceptors (Lipinski definition) is 3. The van der Waals surface area contributed by atoms with Gasteiger partial charge in [0.05, 0.1) is 0 Å². The van der Waals surface area contributed by atoms with Gasteiger partial charge >= 0.3 is 0 Å². The van der Waals surface area contributed by atoms with Gasteiger partial charge < -0.3 is 15.0 Å². The van der Waals surface area contributed by atoms with Crippen molar-refractivity contribution in [1.82, 2.24) is 10.2 Å². The summed E-state index contributed by atoms with van der Waals surface area (Å²) < 4.78 is 33.1. The molecule has 0 spiro atoms. The van der Waals surface area contributed by atoms with Gasteiger partial charge in [0.1, 0.15) is 17.2 Å². The molecule has 2 aliphatic rings. The summed E-state index contributed by atoms with van der Waals surface area (Å²) in [6.07, 6.45) is 3.71. The van der Waals surface area contributed by atoms with Crippen molar-refractivity contribution in [2.45, 2.75) is 57.6 Å². The van der Waals surface area contributed by atoms with Crippen LogP contribution in [0.5, 0.6) is 0 Å². The maximum absolute atomic E-state index is 13.7. The smallest absolute Gasteiger partial charge is 0.252 e. The largest absolute Gasteiger partial charge is 0.365 e. The third kappa shape index (κ3) is 6.41. The van der Waals surface area contributed by atoms with Gasteiger partial charge in [-0.05, 0) is 98.0 Å². The number of ether oxygens (including phenoxy) is 1. The van der Waals surface area contributed by atoms with Gasteiger partial charge in [0.25, 0.3) is 5.91 Å². The predicted octanol–water partition coefficient (Wildman–Crippen LogP) is 5.94. The Labute approximate surface area is 212 Å². The third-order valence-corrected chi connectivity index (χ3v) is 7.83. The van der Waals surface area contributed by atoms with E-state index in [1.165, 1.54) is 17.7 Å². The minimum atomic E-state index is -0.896. The van der Waals surface area contributed by atoms with Crippen LogP contribution in [0.2, 0.25) is 5.02 Å². The van der Waals surface area contributed by atoms with Crippen molar-refractivity contribution in [1.29, 1.82) is 0 Å². The van der Waals surface area contributed by atoms with E-state index in [1.54, 1.807) is 18.2 Å². The number of hydrogen-bond donors (Lipinski definition) is 1. The van der Waals surface area contributed by atoms with E-state index in [9.17, 15) is 13.6 Å². The summed E-state index contributed by atoms with van der Waals surface area (Å²) in [5.41, 5.74) is 0.942. The average Bonchev–Trinajstić information content (AvgIpc) is 2.83. The molecule has 2 aliphatic heterocycles. The van der Waals surface area contributed by atoms with E-state index in [0.29, 0.717) is 35.4 Å². The van der Waals surface area contributed by atoms with Crippen LogP contribution in [0.25, 0.3) is 0 Å². The molecular formula is C28H35ClF2N2O2. The normalized spacial score (nSPS) is 24.0. The van der Waals surface area contributed by atoms with E-state index in [0.717, 1.165) is 38.9 Å². The van der Waals surface area contributed by atoms with Gasteiger partial charge in [-0.2, -0.15) is 0 Å². The lowest BCUT2D eigenvalue weighted by Crippen LogP contribution is -2.56. The molecule has 4 rings (SSSR count). The number of amides is 1. The Morgan fingerprint density at radius 3 is 2.49 bits per heavy atom. The van der Waals surface area contributed by atoms with Crippen LogP contribution in [0.15, 0.2) is 42.5 Å². The van der Waals surface area contributed by atoms with Crippen LogP contribution in [0.3, 0.4) is 0 Å². The minimum absolute atomic E-state index is 0.00519. The number of nitrogens with zero attached hydrogens (tertiary/aromatic N) is 1. The van der Waals surface area contributed by atoms with Gasteiger partial charge in [-0.25, -0.2) is 8.78 Å². The highest BCUT2D eigenvalue weighted by Crippen LogP contribution is 2.37. The first-order valence-corrected chi connectivity index (χ1v) is 13.0. The predicted molar refractivity (Wildman–Crippen MR) is 134 cm³/mol. The molecule has 1 unspecified atom stereocenters. The Hall–Kier alpha value is -2.02. The van der Waals surface area contributed by atoms with E-state index in [2.05, 4.69) is 10.2 Å². The van der Waals surface area contributed by atoms with E-state index in [-0.39, 0.29) is 24.2 Å². The number of carbonyl (C=O) groups excluding carboxylic acids is 1. The van der Waals surface area contributed by atoms with Crippen molar-refractivity contribution in [2.24, 2.45) is 11.8 Å². The molecule has 0 aliphatic carbocycles. The standard InChI is InChI=1S/C28H35ClF2N2O2/c1-19(2)28(27(34)32-17-21-13-24(29)15-26(31)14-21)16-20(9-12-35-28)18-33-10-7-23(8-11-33)22-3-5-25(30)6-4-22/h3-6,13-15,19-20,23H,7-12,16-18H2,1-2H3,(H,32,34)/t20?,28-/m0/s1. The highest BCUT2D eigenvalue weighted by molar-refractivity contribution is 6.30. The second-order valence-corrected chi connectivity index (χ2v) is 10.8. The summed E-state index contributed by atoms with van der Waals surface area (Å²) in [4.78, 5) is 15.9. The van der Waals surface area contributed by atoms with Crippen LogP contribution < -0.4 is 5.32 Å². The lowest BCUT2D eigenvalue weighted by Gasteiger charge is -2.44. The van der Waals surface area contributed by atoms with Crippen molar-refractivity contribution < 1.29 is 18.3 Å². The molecule has 2 aromatic rings. The zero-order valence-corrected chi connectivity index (χ0v) is 21.3. The Bertz CT molecular complexity index is 988. The fraction of sp³-hybridized carbons (Fsp3) is 0.536. The molecule has 2 aromatic carbocycles. The molecule has 0 aromatic heterocycles. The lowest BCUT2D eigenvalue weighted by molar-refractivity contribution is -0.168. The lowest BCUT2D eigenvalue weighted by atomic mass is 9.77. The van der Waals surface area contributed by atoms with Crippen LogP contribution in [0, 0.1) is 23.5 Å². The monoisotopic (exact) mass is 504 g/mol. The molecule has 2 saturated heterocycles. The zero-order valence-electron chi connectivity index (χ0n) is 20.5. The summed E-state index contributed by atoms with van der Waals surface area (Å²) >= 11 is 5.96. The number of halogens is 3. The second kappa shape index (κ2) is 11.4. The first-order chi connectivity index (χ1) is 16.7. The van der Waals surface area contributed by atoms with E-state index >= 15 is 0 Å². The van der Waals surface area contributed by atoms with Gasteiger partial charge in [-0.3, -0.25) is 4.79 Å². The molecule has 2 fully saturated rings. The molecule has 7 heteroatoms. The van der Waals surface area contributed by atoms with E-state index in [1.807, 2.05) is 26.0 Å². The zero-order chi connectivity index (χ0) is 25.0. The van der Waals surface area contributed by atoms with Gasteiger partial charge in [0.15, 0.2) is 0 Å². The van der Waals surface area contributed by atoms with Crippen LogP contribution in [0.4, 0.5) is 8.78 Å². The second-order valence-electron chi connectivity index (χ2n) is 10.3.